The average Bonchev–Trinajstić information content (AvgIpc) is 3.26. The lowest BCUT2D eigenvalue weighted by Crippen LogP contribution is -2.34. The standard InChI is InChI=1S/C23H23ClN2O4/c1-14-11-16(24)8-9-19(14)26-23-18(22(27)25-13-17-6-4-10-29-17)12-15-5-3-7-20(28-2)21(15)30-23/h3,5,7-9,11-12,17H,4,6,10,13H2,1-2H3,(H,25,27)/t17-/m1/s1. The Bertz CT molecular complexity index is 1150. The van der Waals surface area contributed by atoms with Crippen LogP contribution in [-0.4, -0.2) is 32.3 Å². The second-order valence-electron chi connectivity index (χ2n) is 7.23. The molecule has 0 bridgehead atoms. The number of methoxy groups -OCH3 is 1. The van der Waals surface area contributed by atoms with Gasteiger partial charge >= 0.3 is 0 Å². The molecule has 3 aromatic rings. The van der Waals surface area contributed by atoms with E-state index in [1.54, 1.807) is 31.4 Å². The first-order chi connectivity index (χ1) is 14.5. The number of hydrogen-bond acceptors (Lipinski definition) is 5. The van der Waals surface area contributed by atoms with Crippen LogP contribution >= 0.6 is 11.6 Å². The highest BCUT2D eigenvalue weighted by molar-refractivity contribution is 6.30. The summed E-state index contributed by atoms with van der Waals surface area (Å²) in [5, 5.41) is 4.32. The van der Waals surface area contributed by atoms with Gasteiger partial charge in [0.15, 0.2) is 11.3 Å². The third-order valence-electron chi connectivity index (χ3n) is 5.10. The van der Waals surface area contributed by atoms with Crippen molar-refractivity contribution in [2.75, 3.05) is 20.3 Å². The lowest BCUT2D eigenvalue weighted by Gasteiger charge is -2.12. The fraction of sp³-hybridized carbons (Fsp3) is 0.304. The van der Waals surface area contributed by atoms with Crippen molar-refractivity contribution in [3.63, 3.8) is 0 Å². The minimum Gasteiger partial charge on any atom is -0.493 e. The van der Waals surface area contributed by atoms with Crippen LogP contribution in [0.2, 0.25) is 5.02 Å². The quantitative estimate of drug-likeness (QED) is 0.649. The molecule has 2 aromatic carbocycles. The molecule has 1 N–H and O–H groups in total. The summed E-state index contributed by atoms with van der Waals surface area (Å²) in [6, 6.07) is 12.7. The van der Waals surface area contributed by atoms with E-state index >= 15 is 0 Å². The van der Waals surface area contributed by atoms with Crippen molar-refractivity contribution >= 4 is 34.2 Å². The van der Waals surface area contributed by atoms with Gasteiger partial charge in [-0.25, -0.2) is 4.99 Å². The number of para-hydroxylation sites is 1. The molecule has 1 amide bonds. The van der Waals surface area contributed by atoms with Gasteiger partial charge in [0.1, 0.15) is 5.56 Å². The molecule has 2 heterocycles. The molecule has 1 atom stereocenters. The van der Waals surface area contributed by atoms with Gasteiger partial charge in [0, 0.05) is 23.6 Å². The second kappa shape index (κ2) is 8.90. The smallest absolute Gasteiger partial charge is 0.256 e. The average molecular weight is 427 g/mol. The first-order valence-electron chi connectivity index (χ1n) is 9.86. The minimum atomic E-state index is -0.260. The van der Waals surface area contributed by atoms with Gasteiger partial charge in [-0.1, -0.05) is 23.7 Å². The Hall–Kier alpha value is -2.83. The van der Waals surface area contributed by atoms with Crippen molar-refractivity contribution in [3.05, 3.63) is 64.2 Å². The second-order valence-corrected chi connectivity index (χ2v) is 7.67. The summed E-state index contributed by atoms with van der Waals surface area (Å²) in [4.78, 5) is 17.6. The zero-order chi connectivity index (χ0) is 21.1. The van der Waals surface area contributed by atoms with Crippen LogP contribution in [0.4, 0.5) is 5.69 Å². The first kappa shape index (κ1) is 20.4. The fourth-order valence-corrected chi connectivity index (χ4v) is 3.72. The zero-order valence-corrected chi connectivity index (χ0v) is 17.7. The molecular formula is C23H23ClN2O4. The number of nitrogens with zero attached hydrogens (tertiary/aromatic N) is 1. The van der Waals surface area contributed by atoms with E-state index in [2.05, 4.69) is 10.3 Å². The number of benzene rings is 2. The molecule has 156 valence electrons. The normalized spacial score (nSPS) is 16.8. The molecule has 1 aliphatic rings. The Balaban J connectivity index is 1.81. The summed E-state index contributed by atoms with van der Waals surface area (Å²) in [5.74, 6) is 0.312. The topological polar surface area (TPSA) is 73.1 Å². The largest absolute Gasteiger partial charge is 0.493 e. The highest BCUT2D eigenvalue weighted by Gasteiger charge is 2.19. The molecule has 1 aromatic heterocycles. The van der Waals surface area contributed by atoms with Crippen LogP contribution < -0.4 is 15.6 Å². The number of aryl methyl sites for hydroxylation is 1. The number of ether oxygens (including phenoxy) is 2. The van der Waals surface area contributed by atoms with Gasteiger partial charge in [0.25, 0.3) is 5.91 Å². The lowest BCUT2D eigenvalue weighted by molar-refractivity contribution is 0.0854. The van der Waals surface area contributed by atoms with Crippen LogP contribution in [0.25, 0.3) is 11.0 Å². The number of carbonyl (C=O) groups is 1. The predicted molar refractivity (Wildman–Crippen MR) is 115 cm³/mol. The summed E-state index contributed by atoms with van der Waals surface area (Å²) >= 11 is 6.07. The van der Waals surface area contributed by atoms with Gasteiger partial charge in [-0.15, -0.1) is 0 Å². The number of fused-ring (bicyclic) bond motifs is 1. The van der Waals surface area contributed by atoms with E-state index in [1.165, 1.54) is 0 Å². The molecule has 6 nitrogen and oxygen atoms in total. The molecule has 0 unspecified atom stereocenters. The van der Waals surface area contributed by atoms with Crippen LogP contribution in [0, 0.1) is 6.92 Å². The van der Waals surface area contributed by atoms with Crippen molar-refractivity contribution in [1.82, 2.24) is 5.32 Å². The van der Waals surface area contributed by atoms with Gasteiger partial charge < -0.3 is 19.2 Å². The van der Waals surface area contributed by atoms with Crippen LogP contribution in [0.5, 0.6) is 5.75 Å². The molecule has 4 rings (SSSR count). The third kappa shape index (κ3) is 4.35. The first-order valence-corrected chi connectivity index (χ1v) is 10.2. The Morgan fingerprint density at radius 2 is 2.17 bits per heavy atom. The van der Waals surface area contributed by atoms with E-state index in [4.69, 9.17) is 25.5 Å². The lowest BCUT2D eigenvalue weighted by atomic mass is 10.1. The predicted octanol–water partition coefficient (Wildman–Crippen LogP) is 4.54. The van der Waals surface area contributed by atoms with Gasteiger partial charge in [-0.2, -0.15) is 0 Å². The van der Waals surface area contributed by atoms with Gasteiger partial charge in [0.05, 0.1) is 18.9 Å². The summed E-state index contributed by atoms with van der Waals surface area (Å²) in [6.45, 7) is 3.10. The monoisotopic (exact) mass is 426 g/mol. The fourth-order valence-electron chi connectivity index (χ4n) is 3.49. The minimum absolute atomic E-state index is 0.0466. The maximum Gasteiger partial charge on any atom is 0.256 e. The number of nitrogens with one attached hydrogen (secondary N) is 1. The molecule has 1 saturated heterocycles. The summed E-state index contributed by atoms with van der Waals surface area (Å²) in [5.41, 5.74) is 2.64. The number of carbonyl (C=O) groups excluding carboxylic acids is 1. The van der Waals surface area contributed by atoms with Gasteiger partial charge in [-0.3, -0.25) is 4.79 Å². The molecule has 0 aliphatic carbocycles. The maximum absolute atomic E-state index is 13.0. The van der Waals surface area contributed by atoms with Crippen LogP contribution in [0.3, 0.4) is 0 Å². The Kier molecular flexibility index (Phi) is 6.06. The van der Waals surface area contributed by atoms with Crippen molar-refractivity contribution < 1.29 is 18.7 Å². The molecule has 0 spiro atoms. The Morgan fingerprint density at radius 3 is 2.90 bits per heavy atom. The van der Waals surface area contributed by atoms with E-state index in [0.717, 1.165) is 30.4 Å². The van der Waals surface area contributed by atoms with E-state index in [9.17, 15) is 4.79 Å². The highest BCUT2D eigenvalue weighted by atomic mass is 35.5. The van der Waals surface area contributed by atoms with Crippen molar-refractivity contribution in [1.29, 1.82) is 0 Å². The van der Waals surface area contributed by atoms with Crippen LogP contribution in [-0.2, 0) is 4.74 Å². The number of hydrogen-bond donors (Lipinski definition) is 1. The summed E-state index contributed by atoms with van der Waals surface area (Å²) < 4.78 is 17.1. The molecule has 0 radical (unpaired) electrons. The molecule has 1 aliphatic heterocycles. The van der Waals surface area contributed by atoms with E-state index in [-0.39, 0.29) is 17.6 Å². The van der Waals surface area contributed by atoms with Crippen molar-refractivity contribution in [3.8, 4) is 5.75 Å². The van der Waals surface area contributed by atoms with Gasteiger partial charge in [-0.05, 0) is 55.7 Å². The van der Waals surface area contributed by atoms with Crippen LogP contribution in [0.15, 0.2) is 51.9 Å². The Labute approximate surface area is 179 Å². The number of halogens is 1. The SMILES string of the molecule is COc1cccc2cc(C(=O)NC[C@H]3CCCO3)c(=Nc3ccc(Cl)cc3C)oc12. The molecule has 0 saturated carbocycles. The molecule has 7 heteroatoms. The third-order valence-corrected chi connectivity index (χ3v) is 5.33. The summed E-state index contributed by atoms with van der Waals surface area (Å²) in [6.07, 6.45) is 2.01. The van der Waals surface area contributed by atoms with E-state index < -0.39 is 0 Å². The van der Waals surface area contributed by atoms with Crippen LogP contribution in [0.1, 0.15) is 28.8 Å². The maximum atomic E-state index is 13.0. The number of rotatable bonds is 5. The summed E-state index contributed by atoms with van der Waals surface area (Å²) in [7, 11) is 1.58. The Morgan fingerprint density at radius 1 is 1.30 bits per heavy atom. The van der Waals surface area contributed by atoms with Crippen molar-refractivity contribution in [2.45, 2.75) is 25.9 Å². The molecule has 30 heavy (non-hydrogen) atoms. The van der Waals surface area contributed by atoms with Crippen molar-refractivity contribution in [2.24, 2.45) is 4.99 Å². The molecule has 1 fully saturated rings. The molecular weight excluding hydrogens is 404 g/mol. The van der Waals surface area contributed by atoms with E-state index in [0.29, 0.717) is 34.2 Å². The zero-order valence-electron chi connectivity index (χ0n) is 16.9. The highest BCUT2D eigenvalue weighted by Crippen LogP contribution is 2.26. The van der Waals surface area contributed by atoms with E-state index in [1.807, 2.05) is 25.1 Å². The number of amides is 1. The van der Waals surface area contributed by atoms with Gasteiger partial charge in [0.2, 0.25) is 5.55 Å².